The highest BCUT2D eigenvalue weighted by Gasteiger charge is 2.36. The van der Waals surface area contributed by atoms with Crippen molar-refractivity contribution in [1.82, 2.24) is 9.78 Å². The molecule has 1 aromatic heterocycles. The average Bonchev–Trinajstić information content (AvgIpc) is 2.57. The predicted molar refractivity (Wildman–Crippen MR) is 65.7 cm³/mol. The van der Waals surface area contributed by atoms with Gasteiger partial charge in [0, 0.05) is 5.56 Å². The molecular formula is C11H7ClF4N2S. The van der Waals surface area contributed by atoms with Crippen LogP contribution in [-0.4, -0.2) is 9.78 Å². The zero-order valence-electron chi connectivity index (χ0n) is 9.48. The summed E-state index contributed by atoms with van der Waals surface area (Å²) < 4.78 is 52.6. The first-order chi connectivity index (χ1) is 8.73. The quantitative estimate of drug-likeness (QED) is 0.600. The Morgan fingerprint density at radius 3 is 2.42 bits per heavy atom. The van der Waals surface area contributed by atoms with E-state index in [0.717, 1.165) is 10.7 Å². The lowest BCUT2D eigenvalue weighted by atomic mass is 10.3. The second-order valence-electron chi connectivity index (χ2n) is 3.82. The summed E-state index contributed by atoms with van der Waals surface area (Å²) >= 11 is 10.7. The van der Waals surface area contributed by atoms with Crippen LogP contribution >= 0.6 is 23.8 Å². The fourth-order valence-electron chi connectivity index (χ4n) is 1.66. The number of alkyl halides is 3. The second-order valence-corrected chi connectivity index (χ2v) is 4.61. The molecule has 1 N–H and O–H groups in total. The van der Waals surface area contributed by atoms with Gasteiger partial charge in [-0.25, -0.2) is 9.07 Å². The van der Waals surface area contributed by atoms with Crippen LogP contribution in [0.4, 0.5) is 17.6 Å². The Morgan fingerprint density at radius 1 is 1.32 bits per heavy atom. The van der Waals surface area contributed by atoms with Gasteiger partial charge in [0.15, 0.2) is 0 Å². The number of H-pyrrole nitrogens is 1. The highest BCUT2D eigenvalue weighted by molar-refractivity contribution is 7.71. The summed E-state index contributed by atoms with van der Waals surface area (Å²) in [7, 11) is 0. The van der Waals surface area contributed by atoms with Crippen LogP contribution < -0.4 is 0 Å². The van der Waals surface area contributed by atoms with E-state index in [-0.39, 0.29) is 20.9 Å². The fraction of sp³-hybridized carbons (Fsp3) is 0.182. The summed E-state index contributed by atoms with van der Waals surface area (Å²) in [4.78, 5) is 0. The van der Waals surface area contributed by atoms with Gasteiger partial charge in [0.1, 0.15) is 21.8 Å². The van der Waals surface area contributed by atoms with E-state index in [4.69, 9.17) is 23.8 Å². The van der Waals surface area contributed by atoms with Crippen LogP contribution in [0.5, 0.6) is 0 Å². The number of rotatable bonds is 1. The standard InChI is InChI=1S/C11H7ClF4N2S/c1-5-9(11(14,15)16)17-18(10(5)19)8-6(12)3-2-4-7(8)13/h2-4,17H,1H3. The molecule has 102 valence electrons. The molecule has 0 aliphatic carbocycles. The largest absolute Gasteiger partial charge is 0.433 e. The Labute approximate surface area is 115 Å². The molecule has 8 heteroatoms. The summed E-state index contributed by atoms with van der Waals surface area (Å²) in [6.07, 6.45) is -4.60. The zero-order chi connectivity index (χ0) is 14.4. The highest BCUT2D eigenvalue weighted by atomic mass is 35.5. The molecular weight excluding hydrogens is 304 g/mol. The first-order valence-corrected chi connectivity index (χ1v) is 5.85. The first kappa shape index (κ1) is 14.1. The van der Waals surface area contributed by atoms with Crippen molar-refractivity contribution in [2.75, 3.05) is 0 Å². The lowest BCUT2D eigenvalue weighted by molar-refractivity contribution is -0.141. The SMILES string of the molecule is Cc1c(C(F)(F)F)[nH]n(-c2c(F)cccc2Cl)c1=S. The molecule has 0 fully saturated rings. The van der Waals surface area contributed by atoms with Crippen molar-refractivity contribution in [3.8, 4) is 5.69 Å². The number of hydrogen-bond acceptors (Lipinski definition) is 1. The van der Waals surface area contributed by atoms with Gasteiger partial charge >= 0.3 is 6.18 Å². The fourth-order valence-corrected chi connectivity index (χ4v) is 2.14. The van der Waals surface area contributed by atoms with Gasteiger partial charge in [-0.3, -0.25) is 5.10 Å². The molecule has 1 aromatic carbocycles. The van der Waals surface area contributed by atoms with E-state index in [1.807, 2.05) is 0 Å². The van der Waals surface area contributed by atoms with Crippen LogP contribution in [0.2, 0.25) is 5.02 Å². The summed E-state index contributed by atoms with van der Waals surface area (Å²) in [6.45, 7) is 1.22. The minimum absolute atomic E-state index is 0.0360. The molecule has 0 aliphatic rings. The van der Waals surface area contributed by atoms with Crippen LogP contribution in [0, 0.1) is 17.4 Å². The van der Waals surface area contributed by atoms with E-state index in [9.17, 15) is 17.6 Å². The lowest BCUT2D eigenvalue weighted by Gasteiger charge is -2.07. The summed E-state index contributed by atoms with van der Waals surface area (Å²) in [6, 6.07) is 3.81. The third-order valence-electron chi connectivity index (χ3n) is 2.57. The Kier molecular flexibility index (Phi) is 3.44. The maximum Gasteiger partial charge on any atom is 0.433 e. The van der Waals surface area contributed by atoms with Crippen LogP contribution in [0.25, 0.3) is 5.69 Å². The second kappa shape index (κ2) is 4.64. The number of aromatic amines is 1. The van der Waals surface area contributed by atoms with E-state index in [1.54, 1.807) is 0 Å². The summed E-state index contributed by atoms with van der Waals surface area (Å²) in [5.74, 6) is -0.765. The van der Waals surface area contributed by atoms with Gasteiger partial charge in [0.25, 0.3) is 0 Å². The molecule has 0 saturated heterocycles. The van der Waals surface area contributed by atoms with Crippen molar-refractivity contribution in [1.29, 1.82) is 0 Å². The van der Waals surface area contributed by atoms with Crippen LogP contribution in [0.3, 0.4) is 0 Å². The Bertz CT molecular complexity index is 667. The van der Waals surface area contributed by atoms with Crippen molar-refractivity contribution < 1.29 is 17.6 Å². The predicted octanol–water partition coefficient (Wildman–Crippen LogP) is 4.65. The van der Waals surface area contributed by atoms with Crippen molar-refractivity contribution in [3.05, 3.63) is 44.9 Å². The third kappa shape index (κ3) is 2.40. The normalized spacial score (nSPS) is 11.9. The number of hydrogen-bond donors (Lipinski definition) is 1. The van der Waals surface area contributed by atoms with Crippen molar-refractivity contribution in [3.63, 3.8) is 0 Å². The molecule has 0 atom stereocenters. The average molecular weight is 311 g/mol. The lowest BCUT2D eigenvalue weighted by Crippen LogP contribution is -2.09. The van der Waals surface area contributed by atoms with Crippen molar-refractivity contribution in [2.45, 2.75) is 13.1 Å². The number of aromatic nitrogens is 2. The Balaban J connectivity index is 2.76. The van der Waals surface area contributed by atoms with Gasteiger partial charge in [-0.2, -0.15) is 13.2 Å². The Morgan fingerprint density at radius 2 is 1.95 bits per heavy atom. The molecule has 0 unspecified atom stereocenters. The van der Waals surface area contributed by atoms with Gasteiger partial charge in [-0.15, -0.1) is 0 Å². The van der Waals surface area contributed by atoms with Gasteiger partial charge in [0.05, 0.1) is 5.02 Å². The van der Waals surface area contributed by atoms with Gasteiger partial charge in [-0.05, 0) is 19.1 Å². The molecule has 0 aliphatic heterocycles. The first-order valence-electron chi connectivity index (χ1n) is 5.06. The molecule has 1 heterocycles. The molecule has 2 aromatic rings. The number of halogens is 5. The number of benzene rings is 1. The third-order valence-corrected chi connectivity index (χ3v) is 3.36. The maximum absolute atomic E-state index is 13.7. The van der Waals surface area contributed by atoms with E-state index >= 15 is 0 Å². The minimum atomic E-state index is -4.60. The number of nitrogens with zero attached hydrogens (tertiary/aromatic N) is 1. The highest BCUT2D eigenvalue weighted by Crippen LogP contribution is 2.33. The van der Waals surface area contributed by atoms with E-state index in [1.165, 1.54) is 19.1 Å². The van der Waals surface area contributed by atoms with Crippen LogP contribution in [0.15, 0.2) is 18.2 Å². The van der Waals surface area contributed by atoms with E-state index in [2.05, 4.69) is 5.10 Å². The smallest absolute Gasteiger partial charge is 0.288 e. The monoisotopic (exact) mass is 310 g/mol. The maximum atomic E-state index is 13.7. The van der Waals surface area contributed by atoms with Crippen LogP contribution in [0.1, 0.15) is 11.3 Å². The molecule has 0 bridgehead atoms. The molecule has 2 nitrogen and oxygen atoms in total. The van der Waals surface area contributed by atoms with E-state index < -0.39 is 17.7 Å². The molecule has 2 rings (SSSR count). The number of para-hydroxylation sites is 1. The minimum Gasteiger partial charge on any atom is -0.288 e. The van der Waals surface area contributed by atoms with Gasteiger partial charge in [-0.1, -0.05) is 29.9 Å². The van der Waals surface area contributed by atoms with Crippen LogP contribution in [-0.2, 0) is 6.18 Å². The Hall–Kier alpha value is -1.34. The topological polar surface area (TPSA) is 20.7 Å². The van der Waals surface area contributed by atoms with Crippen molar-refractivity contribution in [2.24, 2.45) is 0 Å². The molecule has 19 heavy (non-hydrogen) atoms. The van der Waals surface area contributed by atoms with Gasteiger partial charge < -0.3 is 0 Å². The zero-order valence-corrected chi connectivity index (χ0v) is 11.0. The molecule has 0 radical (unpaired) electrons. The molecule has 0 saturated carbocycles. The van der Waals surface area contributed by atoms with Crippen molar-refractivity contribution >= 4 is 23.8 Å². The molecule has 0 spiro atoms. The van der Waals surface area contributed by atoms with E-state index in [0.29, 0.717) is 0 Å². The summed E-state index contributed by atoms with van der Waals surface area (Å²) in [5.41, 5.74) is -1.42. The summed E-state index contributed by atoms with van der Waals surface area (Å²) in [5, 5.41) is 2.01. The van der Waals surface area contributed by atoms with Gasteiger partial charge in [0.2, 0.25) is 0 Å². The molecule has 0 amide bonds. The number of nitrogens with one attached hydrogen (secondary N) is 1.